The molecule has 1 heterocycles. The van der Waals surface area contributed by atoms with E-state index in [0.29, 0.717) is 41.3 Å². The molecule has 1 aromatic heterocycles. The normalized spacial score (nSPS) is 10.7. The summed E-state index contributed by atoms with van der Waals surface area (Å²) >= 11 is 0. The van der Waals surface area contributed by atoms with Gasteiger partial charge in [0.15, 0.2) is 5.58 Å². The predicted molar refractivity (Wildman–Crippen MR) is 161 cm³/mol. The number of methoxy groups -OCH3 is 1. The standard InChI is InChI=1S/C33H30N4O5/c1-41-32(40)25-13-15-27(16-14-25)34-30(38)22-37(19-18-23-8-4-2-5-9-23)31(39)21-24-12-17-28-29(20-24)42-33(36-28)35-26-10-6-3-7-11-26/h2-17,20H,18-19,21-22H2,1H3,(H,34,38)(H,35,36). The lowest BCUT2D eigenvalue weighted by Gasteiger charge is -2.22. The van der Waals surface area contributed by atoms with Crippen LogP contribution in [0.1, 0.15) is 21.5 Å². The Hall–Kier alpha value is -5.44. The Bertz CT molecular complexity index is 1670. The van der Waals surface area contributed by atoms with Gasteiger partial charge in [0.1, 0.15) is 5.52 Å². The molecule has 0 radical (unpaired) electrons. The number of aromatic nitrogens is 1. The molecule has 0 fully saturated rings. The van der Waals surface area contributed by atoms with E-state index >= 15 is 0 Å². The van der Waals surface area contributed by atoms with Crippen molar-refractivity contribution < 1.29 is 23.5 Å². The van der Waals surface area contributed by atoms with Gasteiger partial charge in [-0.2, -0.15) is 4.98 Å². The van der Waals surface area contributed by atoms with Gasteiger partial charge in [-0.1, -0.05) is 54.6 Å². The summed E-state index contributed by atoms with van der Waals surface area (Å²) in [5, 5.41) is 5.94. The molecule has 212 valence electrons. The second-order valence-corrected chi connectivity index (χ2v) is 9.66. The first-order valence-corrected chi connectivity index (χ1v) is 13.5. The third kappa shape index (κ3) is 7.39. The van der Waals surface area contributed by atoms with Gasteiger partial charge in [0.05, 0.1) is 25.6 Å². The van der Waals surface area contributed by atoms with Gasteiger partial charge in [-0.05, 0) is 66.1 Å². The lowest BCUT2D eigenvalue weighted by atomic mass is 10.1. The molecule has 9 heteroatoms. The zero-order valence-corrected chi connectivity index (χ0v) is 23.1. The highest BCUT2D eigenvalue weighted by Gasteiger charge is 2.19. The van der Waals surface area contributed by atoms with Gasteiger partial charge < -0.3 is 24.7 Å². The van der Waals surface area contributed by atoms with Gasteiger partial charge in [0.25, 0.3) is 6.01 Å². The zero-order chi connectivity index (χ0) is 29.3. The number of anilines is 3. The van der Waals surface area contributed by atoms with Crippen LogP contribution in [0.4, 0.5) is 17.4 Å². The maximum Gasteiger partial charge on any atom is 0.337 e. The average Bonchev–Trinajstić information content (AvgIpc) is 3.41. The van der Waals surface area contributed by atoms with Crippen LogP contribution in [0.2, 0.25) is 0 Å². The largest absolute Gasteiger partial charge is 0.465 e. The fourth-order valence-electron chi connectivity index (χ4n) is 4.45. The molecule has 0 bridgehead atoms. The van der Waals surface area contributed by atoms with E-state index in [-0.39, 0.29) is 24.8 Å². The highest BCUT2D eigenvalue weighted by molar-refractivity contribution is 5.96. The van der Waals surface area contributed by atoms with E-state index in [4.69, 9.17) is 9.15 Å². The lowest BCUT2D eigenvalue weighted by molar-refractivity contribution is -0.134. The first kappa shape index (κ1) is 28.1. The number of esters is 1. The minimum Gasteiger partial charge on any atom is -0.465 e. The number of hydrogen-bond acceptors (Lipinski definition) is 7. The molecular formula is C33H30N4O5. The summed E-state index contributed by atoms with van der Waals surface area (Å²) in [6.45, 7) is 0.243. The number of hydrogen-bond donors (Lipinski definition) is 2. The molecule has 0 saturated heterocycles. The summed E-state index contributed by atoms with van der Waals surface area (Å²) in [4.78, 5) is 44.2. The van der Waals surface area contributed by atoms with E-state index in [1.54, 1.807) is 35.2 Å². The number of ether oxygens (including phenoxy) is 1. The van der Waals surface area contributed by atoms with Gasteiger partial charge >= 0.3 is 5.97 Å². The Balaban J connectivity index is 1.27. The molecule has 2 N–H and O–H groups in total. The first-order valence-electron chi connectivity index (χ1n) is 13.5. The van der Waals surface area contributed by atoms with Crippen LogP contribution in [0.25, 0.3) is 11.1 Å². The Morgan fingerprint density at radius 1 is 0.833 bits per heavy atom. The van der Waals surface area contributed by atoms with Gasteiger partial charge in [-0.3, -0.25) is 9.59 Å². The first-order chi connectivity index (χ1) is 20.5. The molecule has 42 heavy (non-hydrogen) atoms. The smallest absolute Gasteiger partial charge is 0.337 e. The monoisotopic (exact) mass is 562 g/mol. The van der Waals surface area contributed by atoms with Gasteiger partial charge in [-0.25, -0.2) is 4.79 Å². The number of benzene rings is 4. The molecule has 0 spiro atoms. The molecule has 5 rings (SSSR count). The molecule has 9 nitrogen and oxygen atoms in total. The van der Waals surface area contributed by atoms with Crippen LogP contribution in [0, 0.1) is 0 Å². The van der Waals surface area contributed by atoms with Gasteiger partial charge in [0.2, 0.25) is 11.8 Å². The molecule has 0 aliphatic heterocycles. The third-order valence-electron chi connectivity index (χ3n) is 6.62. The Morgan fingerprint density at radius 2 is 1.55 bits per heavy atom. The molecular weight excluding hydrogens is 532 g/mol. The fraction of sp³-hybridized carbons (Fsp3) is 0.152. The SMILES string of the molecule is COC(=O)c1ccc(NC(=O)CN(CCc2ccccc2)C(=O)Cc2ccc3nc(Nc4ccccc4)oc3c2)cc1. The molecule has 2 amide bonds. The van der Waals surface area contributed by atoms with Crippen molar-refractivity contribution in [3.8, 4) is 0 Å². The van der Waals surface area contributed by atoms with Crippen molar-refractivity contribution in [1.82, 2.24) is 9.88 Å². The number of nitrogens with zero attached hydrogens (tertiary/aromatic N) is 2. The van der Waals surface area contributed by atoms with Crippen LogP contribution in [0.15, 0.2) is 108 Å². The second kappa shape index (κ2) is 13.3. The van der Waals surface area contributed by atoms with Crippen molar-refractivity contribution in [2.24, 2.45) is 0 Å². The van der Waals surface area contributed by atoms with E-state index in [1.807, 2.05) is 72.8 Å². The topological polar surface area (TPSA) is 114 Å². The Kier molecular flexibility index (Phi) is 8.88. The molecule has 0 unspecified atom stereocenters. The molecule has 5 aromatic rings. The minimum absolute atomic E-state index is 0.0913. The number of rotatable bonds is 11. The quantitative estimate of drug-likeness (QED) is 0.201. The zero-order valence-electron chi connectivity index (χ0n) is 23.1. The average molecular weight is 563 g/mol. The van der Waals surface area contributed by atoms with E-state index in [9.17, 15) is 14.4 Å². The number of fused-ring (bicyclic) bond motifs is 1. The van der Waals surface area contributed by atoms with E-state index in [0.717, 1.165) is 16.8 Å². The Labute approximate surface area is 243 Å². The summed E-state index contributed by atoms with van der Waals surface area (Å²) in [6.07, 6.45) is 0.692. The molecule has 0 aliphatic carbocycles. The maximum atomic E-state index is 13.5. The second-order valence-electron chi connectivity index (χ2n) is 9.66. The summed E-state index contributed by atoms with van der Waals surface area (Å²) in [5.41, 5.74) is 4.78. The third-order valence-corrected chi connectivity index (χ3v) is 6.62. The van der Waals surface area contributed by atoms with E-state index in [1.165, 1.54) is 7.11 Å². The number of para-hydroxylation sites is 1. The van der Waals surface area contributed by atoms with Crippen molar-refractivity contribution in [1.29, 1.82) is 0 Å². The lowest BCUT2D eigenvalue weighted by Crippen LogP contribution is -2.40. The highest BCUT2D eigenvalue weighted by atomic mass is 16.5. The summed E-state index contributed by atoms with van der Waals surface area (Å²) in [6, 6.07) is 31.6. The number of carbonyl (C=O) groups excluding carboxylic acids is 3. The number of amides is 2. The number of nitrogens with one attached hydrogen (secondary N) is 2. The molecule has 4 aromatic carbocycles. The van der Waals surface area contributed by atoms with Crippen LogP contribution in [-0.4, -0.2) is 47.9 Å². The van der Waals surface area contributed by atoms with Crippen LogP contribution >= 0.6 is 0 Å². The highest BCUT2D eigenvalue weighted by Crippen LogP contribution is 2.23. The summed E-state index contributed by atoms with van der Waals surface area (Å²) < 4.78 is 10.6. The van der Waals surface area contributed by atoms with Crippen LogP contribution < -0.4 is 10.6 Å². The summed E-state index contributed by atoms with van der Waals surface area (Å²) in [7, 11) is 1.31. The number of oxazole rings is 1. The maximum absolute atomic E-state index is 13.5. The van der Waals surface area contributed by atoms with E-state index in [2.05, 4.69) is 15.6 Å². The van der Waals surface area contributed by atoms with Crippen molar-refractivity contribution in [3.63, 3.8) is 0 Å². The number of carbonyl (C=O) groups is 3. The predicted octanol–water partition coefficient (Wildman–Crippen LogP) is 5.61. The van der Waals surface area contributed by atoms with Crippen molar-refractivity contribution in [3.05, 3.63) is 120 Å². The van der Waals surface area contributed by atoms with E-state index < -0.39 is 5.97 Å². The van der Waals surface area contributed by atoms with Crippen molar-refractivity contribution in [2.45, 2.75) is 12.8 Å². The molecule has 0 saturated carbocycles. The summed E-state index contributed by atoms with van der Waals surface area (Å²) in [5.74, 6) is -0.995. The molecule has 0 atom stereocenters. The van der Waals surface area contributed by atoms with Gasteiger partial charge in [-0.15, -0.1) is 0 Å². The van der Waals surface area contributed by atoms with Gasteiger partial charge in [0, 0.05) is 17.9 Å². The van der Waals surface area contributed by atoms with Crippen LogP contribution in [-0.2, 0) is 27.2 Å². The minimum atomic E-state index is -0.460. The van der Waals surface area contributed by atoms with Crippen molar-refractivity contribution in [2.75, 3.05) is 30.8 Å². The molecule has 0 aliphatic rings. The fourth-order valence-corrected chi connectivity index (χ4v) is 4.45. The van der Waals surface area contributed by atoms with Crippen LogP contribution in [0.3, 0.4) is 0 Å². The van der Waals surface area contributed by atoms with Crippen molar-refractivity contribution >= 4 is 46.3 Å². The Morgan fingerprint density at radius 3 is 2.26 bits per heavy atom. The van der Waals surface area contributed by atoms with Crippen LogP contribution in [0.5, 0.6) is 0 Å².